The van der Waals surface area contributed by atoms with Gasteiger partial charge in [0, 0.05) is 0 Å². The molecule has 0 aliphatic heterocycles. The third-order valence-corrected chi connectivity index (χ3v) is 0.502. The maximum absolute atomic E-state index is 11.4. The Morgan fingerprint density at radius 3 is 2.71 bits per heavy atom. The molecule has 0 aliphatic rings. The number of allylic oxidation sites excluding steroid dienone is 1. The Morgan fingerprint density at radius 1 is 2.00 bits per heavy atom. The predicted octanol–water partition coefficient (Wildman–Crippen LogP) is 1.95. The van der Waals surface area contributed by atoms with Crippen LogP contribution in [-0.4, -0.2) is 0 Å². The Bertz CT molecular complexity index is 109. The quantitative estimate of drug-likeness (QED) is 0.518. The summed E-state index contributed by atoms with van der Waals surface area (Å²) in [5.74, 6) is 0. The number of nitriles is 1. The molecular weight excluding hydrogens is 117 g/mol. The number of nitrogens with zero attached hydrogens (tertiary/aromatic N) is 1. The van der Waals surface area contributed by atoms with Crippen LogP contribution in [0.4, 0.5) is 4.39 Å². The molecule has 0 unspecified atom stereocenters. The largest absolute Gasteiger partial charge is 0.198 e. The van der Waals surface area contributed by atoms with Gasteiger partial charge in [0.25, 0.3) is 0 Å². The SMILES string of the molecule is N#CCC=C(F)Cl. The van der Waals surface area contributed by atoms with Gasteiger partial charge in [-0.25, -0.2) is 0 Å². The van der Waals surface area contributed by atoms with Crippen molar-refractivity contribution in [3.8, 4) is 6.07 Å². The molecule has 0 heterocycles. The van der Waals surface area contributed by atoms with Gasteiger partial charge in [-0.15, -0.1) is 0 Å². The summed E-state index contributed by atoms with van der Waals surface area (Å²) in [7, 11) is 0. The lowest BCUT2D eigenvalue weighted by Gasteiger charge is -1.71. The van der Waals surface area contributed by atoms with E-state index < -0.39 is 5.29 Å². The monoisotopic (exact) mass is 119 g/mol. The Morgan fingerprint density at radius 2 is 2.57 bits per heavy atom. The highest BCUT2D eigenvalue weighted by Gasteiger charge is 1.79. The zero-order valence-corrected chi connectivity index (χ0v) is 4.24. The smallest absolute Gasteiger partial charge is 0.186 e. The Hall–Kier alpha value is -0.550. The molecular formula is C4H3ClFN. The highest BCUT2D eigenvalue weighted by molar-refractivity contribution is 6.28. The van der Waals surface area contributed by atoms with E-state index in [2.05, 4.69) is 0 Å². The summed E-state index contributed by atoms with van der Waals surface area (Å²) in [5.41, 5.74) is 0. The van der Waals surface area contributed by atoms with Crippen molar-refractivity contribution in [1.29, 1.82) is 5.26 Å². The van der Waals surface area contributed by atoms with Crippen molar-refractivity contribution in [2.45, 2.75) is 6.42 Å². The van der Waals surface area contributed by atoms with E-state index in [1.807, 2.05) is 0 Å². The molecule has 0 atom stereocenters. The Kier molecular flexibility index (Phi) is 3.35. The third-order valence-electron chi connectivity index (χ3n) is 0.348. The van der Waals surface area contributed by atoms with Crippen LogP contribution >= 0.6 is 11.6 Å². The van der Waals surface area contributed by atoms with E-state index in [-0.39, 0.29) is 6.42 Å². The van der Waals surface area contributed by atoms with Crippen LogP contribution in [0.3, 0.4) is 0 Å². The summed E-state index contributed by atoms with van der Waals surface area (Å²) in [4.78, 5) is 0. The van der Waals surface area contributed by atoms with Crippen molar-refractivity contribution in [2.75, 3.05) is 0 Å². The summed E-state index contributed by atoms with van der Waals surface area (Å²) in [6.07, 6.45) is 1.04. The highest BCUT2D eigenvalue weighted by Crippen LogP contribution is 2.01. The van der Waals surface area contributed by atoms with Crippen molar-refractivity contribution < 1.29 is 4.39 Å². The second kappa shape index (κ2) is 3.63. The molecule has 0 radical (unpaired) electrons. The van der Waals surface area contributed by atoms with E-state index in [9.17, 15) is 4.39 Å². The van der Waals surface area contributed by atoms with Gasteiger partial charge in [-0.3, -0.25) is 0 Å². The van der Waals surface area contributed by atoms with Crippen molar-refractivity contribution in [3.05, 3.63) is 11.4 Å². The van der Waals surface area contributed by atoms with Crippen LogP contribution in [-0.2, 0) is 0 Å². The Balaban J connectivity index is 3.32. The van der Waals surface area contributed by atoms with Gasteiger partial charge >= 0.3 is 0 Å². The molecule has 1 nitrogen and oxygen atoms in total. The molecule has 38 valence electrons. The summed E-state index contributed by atoms with van der Waals surface area (Å²) >= 11 is 4.70. The van der Waals surface area contributed by atoms with Crippen molar-refractivity contribution in [1.82, 2.24) is 0 Å². The molecule has 0 saturated heterocycles. The Labute approximate surface area is 46.0 Å². The van der Waals surface area contributed by atoms with Crippen LogP contribution in [0.15, 0.2) is 11.4 Å². The summed E-state index contributed by atoms with van der Waals surface area (Å²) in [5, 5.41) is 6.98. The van der Waals surface area contributed by atoms with Gasteiger partial charge in [-0.05, 0) is 6.08 Å². The van der Waals surface area contributed by atoms with E-state index in [4.69, 9.17) is 16.9 Å². The van der Waals surface area contributed by atoms with Gasteiger partial charge in [0.15, 0.2) is 5.29 Å². The molecule has 0 aromatic carbocycles. The lowest BCUT2D eigenvalue weighted by atomic mass is 10.5. The first-order chi connectivity index (χ1) is 3.27. The minimum absolute atomic E-state index is 0.0370. The van der Waals surface area contributed by atoms with Crippen molar-refractivity contribution >= 4 is 11.6 Å². The topological polar surface area (TPSA) is 23.8 Å². The minimum atomic E-state index is -0.818. The fourth-order valence-electron chi connectivity index (χ4n) is 0.123. The second-order valence-electron chi connectivity index (χ2n) is 0.856. The van der Waals surface area contributed by atoms with Crippen LogP contribution in [0.2, 0.25) is 0 Å². The average Bonchev–Trinajstić information content (AvgIpc) is 1.61. The zero-order valence-electron chi connectivity index (χ0n) is 3.49. The van der Waals surface area contributed by atoms with Crippen LogP contribution in [0.5, 0.6) is 0 Å². The summed E-state index contributed by atoms with van der Waals surface area (Å²) in [6, 6.07) is 1.70. The molecule has 0 aromatic heterocycles. The maximum atomic E-state index is 11.4. The van der Waals surface area contributed by atoms with Gasteiger partial charge in [0.2, 0.25) is 0 Å². The van der Waals surface area contributed by atoms with Crippen LogP contribution in [0, 0.1) is 11.3 Å². The van der Waals surface area contributed by atoms with Crippen molar-refractivity contribution in [3.63, 3.8) is 0 Å². The first-order valence-corrected chi connectivity index (χ1v) is 2.03. The highest BCUT2D eigenvalue weighted by atomic mass is 35.5. The normalized spacial score (nSPS) is 10.7. The lowest BCUT2D eigenvalue weighted by Crippen LogP contribution is -1.55. The lowest BCUT2D eigenvalue weighted by molar-refractivity contribution is 0.691. The van der Waals surface area contributed by atoms with Gasteiger partial charge in [0.05, 0.1) is 12.5 Å². The van der Waals surface area contributed by atoms with Gasteiger partial charge in [-0.2, -0.15) is 9.65 Å². The van der Waals surface area contributed by atoms with Crippen LogP contribution in [0.25, 0.3) is 0 Å². The third kappa shape index (κ3) is 5.45. The molecule has 3 heteroatoms. The van der Waals surface area contributed by atoms with Gasteiger partial charge in [-0.1, -0.05) is 11.6 Å². The predicted molar refractivity (Wildman–Crippen MR) is 25.3 cm³/mol. The first-order valence-electron chi connectivity index (χ1n) is 1.65. The summed E-state index contributed by atoms with van der Waals surface area (Å²) < 4.78 is 11.4. The van der Waals surface area contributed by atoms with E-state index >= 15 is 0 Å². The molecule has 0 spiro atoms. The number of halogens is 2. The molecule has 0 aromatic rings. The summed E-state index contributed by atoms with van der Waals surface area (Å²) in [6.45, 7) is 0. The zero-order chi connectivity index (χ0) is 5.70. The fourth-order valence-corrected chi connectivity index (χ4v) is 0.200. The molecule has 0 amide bonds. The number of hydrogen-bond acceptors (Lipinski definition) is 1. The standard InChI is InChI=1S/C4H3ClFN/c5-4(6)2-1-3-7/h2H,1H2. The molecule has 0 N–H and O–H groups in total. The second-order valence-corrected chi connectivity index (χ2v) is 1.22. The molecule has 7 heavy (non-hydrogen) atoms. The van der Waals surface area contributed by atoms with E-state index in [0.717, 1.165) is 6.08 Å². The van der Waals surface area contributed by atoms with Crippen LogP contribution < -0.4 is 0 Å². The molecule has 0 rings (SSSR count). The van der Waals surface area contributed by atoms with Crippen molar-refractivity contribution in [2.24, 2.45) is 0 Å². The van der Waals surface area contributed by atoms with Gasteiger partial charge < -0.3 is 0 Å². The van der Waals surface area contributed by atoms with Crippen LogP contribution in [0.1, 0.15) is 6.42 Å². The fraction of sp³-hybridized carbons (Fsp3) is 0.250. The number of rotatable bonds is 1. The molecule has 0 saturated carbocycles. The molecule has 0 bridgehead atoms. The first kappa shape index (κ1) is 6.45. The number of hydrogen-bond donors (Lipinski definition) is 0. The molecule has 0 aliphatic carbocycles. The van der Waals surface area contributed by atoms with Gasteiger partial charge in [0.1, 0.15) is 0 Å². The van der Waals surface area contributed by atoms with E-state index in [0.29, 0.717) is 0 Å². The van der Waals surface area contributed by atoms with E-state index in [1.54, 1.807) is 6.07 Å². The average molecular weight is 120 g/mol. The maximum Gasteiger partial charge on any atom is 0.186 e. The molecule has 0 fully saturated rings. The van der Waals surface area contributed by atoms with E-state index in [1.165, 1.54) is 0 Å². The minimum Gasteiger partial charge on any atom is -0.198 e.